The molecule has 31 heavy (non-hydrogen) atoms. The van der Waals surface area contributed by atoms with Gasteiger partial charge in [0, 0.05) is 30.4 Å². The maximum atomic E-state index is 13.0. The van der Waals surface area contributed by atoms with Gasteiger partial charge >= 0.3 is 0 Å². The van der Waals surface area contributed by atoms with Crippen molar-refractivity contribution >= 4 is 17.5 Å². The molecule has 2 aromatic heterocycles. The molecule has 1 aromatic carbocycles. The number of aryl methyl sites for hydroxylation is 1. The molecule has 3 aromatic rings. The Morgan fingerprint density at radius 2 is 2.03 bits per heavy atom. The molecular weight excluding hydrogens is 412 g/mol. The minimum atomic E-state index is -1.08. The number of nitrogens with zero attached hydrogens (tertiary/aromatic N) is 1. The lowest BCUT2D eigenvalue weighted by Gasteiger charge is -2.13. The normalized spacial score (nSPS) is 12.1. The molecule has 0 fully saturated rings. The van der Waals surface area contributed by atoms with E-state index in [0.717, 1.165) is 31.2 Å². The van der Waals surface area contributed by atoms with Crippen LogP contribution < -0.4 is 5.43 Å². The number of aromatic nitrogens is 2. The standard InChI is InChI=1S/C24H28N2O4S/c1-3-4-6-11-22-25-19(14-30-22)23-24(31-15-17-9-7-5-8-10-17)21(29)13-18(26-23)20(28)12-16(2)27/h5,7-10,13-14,20,28H,3-4,6,11-12,15H2,1-2H3,(H,26,29). The Morgan fingerprint density at radius 3 is 2.74 bits per heavy atom. The summed E-state index contributed by atoms with van der Waals surface area (Å²) in [6, 6.07) is 11.3. The third-order valence-electron chi connectivity index (χ3n) is 4.87. The molecule has 0 aliphatic carbocycles. The first-order chi connectivity index (χ1) is 15.0. The summed E-state index contributed by atoms with van der Waals surface area (Å²) in [7, 11) is 0. The average molecular weight is 441 g/mol. The lowest BCUT2D eigenvalue weighted by Crippen LogP contribution is -2.14. The third-order valence-corrected chi connectivity index (χ3v) is 6.05. The van der Waals surface area contributed by atoms with E-state index in [0.29, 0.717) is 33.6 Å². The van der Waals surface area contributed by atoms with Crippen molar-refractivity contribution in [3.05, 3.63) is 70.0 Å². The van der Waals surface area contributed by atoms with Gasteiger partial charge < -0.3 is 14.5 Å². The van der Waals surface area contributed by atoms with Crippen molar-refractivity contribution in [1.82, 2.24) is 9.97 Å². The summed E-state index contributed by atoms with van der Waals surface area (Å²) < 4.78 is 5.63. The Kier molecular flexibility index (Phi) is 8.26. The summed E-state index contributed by atoms with van der Waals surface area (Å²) in [4.78, 5) is 32.6. The first kappa shape index (κ1) is 23.0. The van der Waals surface area contributed by atoms with Gasteiger partial charge in [0.2, 0.25) is 0 Å². The Labute approximate surface area is 186 Å². The van der Waals surface area contributed by atoms with Crippen LogP contribution in [-0.2, 0) is 17.0 Å². The largest absolute Gasteiger partial charge is 0.448 e. The number of carbonyl (C=O) groups is 1. The quantitative estimate of drug-likeness (QED) is 0.319. The van der Waals surface area contributed by atoms with Crippen molar-refractivity contribution in [3.63, 3.8) is 0 Å². The fourth-order valence-electron chi connectivity index (χ4n) is 3.25. The van der Waals surface area contributed by atoms with Crippen LogP contribution in [0, 0.1) is 0 Å². The molecule has 0 aliphatic heterocycles. The van der Waals surface area contributed by atoms with Crippen LogP contribution in [0.15, 0.2) is 56.8 Å². The number of aliphatic hydroxyl groups is 1. The number of unbranched alkanes of at least 4 members (excludes halogenated alkanes) is 2. The number of hydrogen-bond donors (Lipinski definition) is 2. The molecule has 0 saturated carbocycles. The van der Waals surface area contributed by atoms with Gasteiger partial charge in [0.15, 0.2) is 11.3 Å². The summed E-state index contributed by atoms with van der Waals surface area (Å²) in [5.41, 5.74) is 2.21. The van der Waals surface area contributed by atoms with Gasteiger partial charge in [0.1, 0.15) is 23.8 Å². The molecule has 0 saturated heterocycles. The van der Waals surface area contributed by atoms with E-state index in [2.05, 4.69) is 16.9 Å². The summed E-state index contributed by atoms with van der Waals surface area (Å²) in [6.45, 7) is 3.55. The van der Waals surface area contributed by atoms with Crippen LogP contribution in [0.3, 0.4) is 0 Å². The van der Waals surface area contributed by atoms with E-state index in [1.165, 1.54) is 24.8 Å². The first-order valence-electron chi connectivity index (χ1n) is 10.5. The number of rotatable bonds is 11. The number of aliphatic hydroxyl groups excluding tert-OH is 1. The van der Waals surface area contributed by atoms with Gasteiger partial charge in [-0.05, 0) is 18.9 Å². The highest BCUT2D eigenvalue weighted by Crippen LogP contribution is 2.31. The maximum Gasteiger partial charge on any atom is 0.196 e. The van der Waals surface area contributed by atoms with E-state index in [9.17, 15) is 14.7 Å². The predicted octanol–water partition coefficient (Wildman–Crippen LogP) is 5.07. The van der Waals surface area contributed by atoms with Crippen molar-refractivity contribution in [2.75, 3.05) is 0 Å². The van der Waals surface area contributed by atoms with Gasteiger partial charge in [0.25, 0.3) is 0 Å². The molecule has 0 radical (unpaired) electrons. The van der Waals surface area contributed by atoms with E-state index >= 15 is 0 Å². The van der Waals surface area contributed by atoms with Crippen molar-refractivity contribution in [2.24, 2.45) is 0 Å². The van der Waals surface area contributed by atoms with Crippen molar-refractivity contribution < 1.29 is 14.3 Å². The van der Waals surface area contributed by atoms with Crippen LogP contribution in [-0.4, -0.2) is 20.9 Å². The maximum absolute atomic E-state index is 13.0. The number of nitrogens with one attached hydrogen (secondary N) is 1. The topological polar surface area (TPSA) is 96.2 Å². The van der Waals surface area contributed by atoms with Gasteiger partial charge in [-0.1, -0.05) is 50.1 Å². The highest BCUT2D eigenvalue weighted by molar-refractivity contribution is 7.98. The number of thioether (sulfide) groups is 1. The zero-order valence-corrected chi connectivity index (χ0v) is 18.7. The minimum absolute atomic E-state index is 0.0625. The zero-order chi connectivity index (χ0) is 22.2. The fourth-order valence-corrected chi connectivity index (χ4v) is 4.25. The highest BCUT2D eigenvalue weighted by Gasteiger charge is 2.20. The molecule has 0 aliphatic rings. The van der Waals surface area contributed by atoms with Crippen LogP contribution in [0.25, 0.3) is 11.4 Å². The number of pyridine rings is 1. The molecule has 0 amide bonds. The number of aromatic amines is 1. The van der Waals surface area contributed by atoms with Crippen molar-refractivity contribution in [2.45, 2.75) is 62.7 Å². The molecule has 7 heteroatoms. The number of ketones is 1. The summed E-state index contributed by atoms with van der Waals surface area (Å²) >= 11 is 1.41. The lowest BCUT2D eigenvalue weighted by molar-refractivity contribution is -0.118. The average Bonchev–Trinajstić information content (AvgIpc) is 3.21. The Hall–Kier alpha value is -2.64. The van der Waals surface area contributed by atoms with Crippen LogP contribution in [0.1, 0.15) is 62.8 Å². The minimum Gasteiger partial charge on any atom is -0.448 e. The SMILES string of the molecule is CCCCCc1nc(-c2[nH]c(C(O)CC(C)=O)cc(=O)c2SCc2ccccc2)co1. The number of Topliss-reactive ketones (excluding diaryl/α,β-unsaturated/α-hetero) is 1. The molecule has 2 N–H and O–H groups in total. The van der Waals surface area contributed by atoms with Crippen LogP contribution >= 0.6 is 11.8 Å². The molecular formula is C24H28N2O4S. The van der Waals surface area contributed by atoms with Gasteiger partial charge in [0.05, 0.1) is 10.6 Å². The van der Waals surface area contributed by atoms with Gasteiger partial charge in [-0.15, -0.1) is 11.8 Å². The van der Waals surface area contributed by atoms with Crippen LogP contribution in [0.2, 0.25) is 0 Å². The molecule has 164 valence electrons. The fraction of sp³-hybridized carbons (Fsp3) is 0.375. The Bertz CT molecular complexity index is 1060. The van der Waals surface area contributed by atoms with Crippen LogP contribution in [0.4, 0.5) is 0 Å². The van der Waals surface area contributed by atoms with Gasteiger partial charge in [-0.2, -0.15) is 0 Å². The smallest absolute Gasteiger partial charge is 0.196 e. The van der Waals surface area contributed by atoms with E-state index in [4.69, 9.17) is 4.42 Å². The summed E-state index contributed by atoms with van der Waals surface area (Å²) in [5, 5.41) is 10.4. The third kappa shape index (κ3) is 6.42. The Balaban J connectivity index is 1.95. The second kappa shape index (κ2) is 11.1. The van der Waals surface area contributed by atoms with E-state index < -0.39 is 6.10 Å². The first-order valence-corrected chi connectivity index (χ1v) is 11.5. The lowest BCUT2D eigenvalue weighted by atomic mass is 10.1. The molecule has 0 bridgehead atoms. The summed E-state index contributed by atoms with van der Waals surface area (Å²) in [6.07, 6.45) is 4.33. The van der Waals surface area contributed by atoms with Crippen molar-refractivity contribution in [1.29, 1.82) is 0 Å². The number of H-pyrrole nitrogens is 1. The second-order valence-electron chi connectivity index (χ2n) is 7.57. The monoisotopic (exact) mass is 440 g/mol. The van der Waals surface area contributed by atoms with Crippen molar-refractivity contribution in [3.8, 4) is 11.4 Å². The number of benzene rings is 1. The number of hydrogen-bond acceptors (Lipinski definition) is 6. The summed E-state index contributed by atoms with van der Waals surface area (Å²) in [5.74, 6) is 1.09. The van der Waals surface area contributed by atoms with Gasteiger partial charge in [-0.3, -0.25) is 9.59 Å². The highest BCUT2D eigenvalue weighted by atomic mass is 32.2. The van der Waals surface area contributed by atoms with E-state index in [1.807, 2.05) is 30.3 Å². The molecule has 6 nitrogen and oxygen atoms in total. The second-order valence-corrected chi connectivity index (χ2v) is 8.56. The molecule has 3 rings (SSSR count). The predicted molar refractivity (Wildman–Crippen MR) is 122 cm³/mol. The molecule has 1 atom stereocenters. The zero-order valence-electron chi connectivity index (χ0n) is 17.9. The molecule has 1 unspecified atom stereocenters. The number of carbonyl (C=O) groups excluding carboxylic acids is 1. The van der Waals surface area contributed by atoms with Gasteiger partial charge in [-0.25, -0.2) is 4.98 Å². The van der Waals surface area contributed by atoms with Crippen LogP contribution in [0.5, 0.6) is 0 Å². The number of oxazole rings is 1. The molecule has 0 spiro atoms. The molecule has 2 heterocycles. The van der Waals surface area contributed by atoms with E-state index in [-0.39, 0.29) is 17.6 Å². The van der Waals surface area contributed by atoms with E-state index in [1.54, 1.807) is 6.26 Å². The Morgan fingerprint density at radius 1 is 1.26 bits per heavy atom.